The number of amides is 1. The SMILES string of the molecule is Cc1noc(CCC(=O)NC[C@H](C)Oc2ccccc2Cl)n1. The summed E-state index contributed by atoms with van der Waals surface area (Å²) >= 11 is 6.01. The Morgan fingerprint density at radius 1 is 1.45 bits per heavy atom. The molecule has 0 bridgehead atoms. The lowest BCUT2D eigenvalue weighted by Gasteiger charge is -2.16. The number of nitrogens with zero attached hydrogens (tertiary/aromatic N) is 2. The number of ether oxygens (including phenoxy) is 1. The van der Waals surface area contributed by atoms with E-state index in [1.54, 1.807) is 19.1 Å². The number of halogens is 1. The number of benzene rings is 1. The van der Waals surface area contributed by atoms with Crippen molar-refractivity contribution in [2.45, 2.75) is 32.8 Å². The van der Waals surface area contributed by atoms with Crippen LogP contribution in [-0.4, -0.2) is 28.7 Å². The molecule has 0 radical (unpaired) electrons. The van der Waals surface area contributed by atoms with Crippen LogP contribution < -0.4 is 10.1 Å². The predicted octanol–water partition coefficient (Wildman–Crippen LogP) is 2.55. The number of hydrogen-bond donors (Lipinski definition) is 1. The quantitative estimate of drug-likeness (QED) is 0.847. The fourth-order valence-corrected chi connectivity index (χ4v) is 1.99. The summed E-state index contributed by atoms with van der Waals surface area (Å²) in [6.07, 6.45) is 0.530. The standard InChI is InChI=1S/C15H18ClN3O3/c1-10(21-13-6-4-3-5-12(13)16)9-17-14(20)7-8-15-18-11(2)19-22-15/h3-6,10H,7-9H2,1-2H3,(H,17,20)/t10-/m0/s1. The Kier molecular flexibility index (Phi) is 5.77. The average Bonchev–Trinajstić information content (AvgIpc) is 2.91. The lowest BCUT2D eigenvalue weighted by molar-refractivity contribution is -0.121. The van der Waals surface area contributed by atoms with E-state index in [-0.39, 0.29) is 12.0 Å². The summed E-state index contributed by atoms with van der Waals surface area (Å²) in [5.41, 5.74) is 0. The first-order valence-corrected chi connectivity index (χ1v) is 7.39. The summed E-state index contributed by atoms with van der Waals surface area (Å²) in [4.78, 5) is 15.8. The van der Waals surface area contributed by atoms with Gasteiger partial charge in [0.05, 0.1) is 11.6 Å². The molecule has 1 aromatic heterocycles. The van der Waals surface area contributed by atoms with Gasteiger partial charge in [0.1, 0.15) is 11.9 Å². The van der Waals surface area contributed by atoms with Crippen molar-refractivity contribution in [1.29, 1.82) is 0 Å². The number of hydrogen-bond acceptors (Lipinski definition) is 5. The molecule has 0 fully saturated rings. The van der Waals surface area contributed by atoms with Crippen molar-refractivity contribution < 1.29 is 14.1 Å². The van der Waals surface area contributed by atoms with Crippen molar-refractivity contribution in [3.63, 3.8) is 0 Å². The van der Waals surface area contributed by atoms with Gasteiger partial charge in [0.15, 0.2) is 5.82 Å². The van der Waals surface area contributed by atoms with Crippen LogP contribution in [0.1, 0.15) is 25.1 Å². The van der Waals surface area contributed by atoms with Crippen LogP contribution in [0.4, 0.5) is 0 Å². The number of aromatic nitrogens is 2. The molecular formula is C15H18ClN3O3. The third-order valence-electron chi connectivity index (χ3n) is 2.89. The molecule has 0 saturated heterocycles. The molecule has 0 aliphatic rings. The van der Waals surface area contributed by atoms with Gasteiger partial charge in [-0.15, -0.1) is 0 Å². The maximum atomic E-state index is 11.8. The van der Waals surface area contributed by atoms with Crippen molar-refractivity contribution in [3.8, 4) is 5.75 Å². The molecule has 0 unspecified atom stereocenters. The first kappa shape index (κ1) is 16.3. The molecule has 2 aromatic rings. The Morgan fingerprint density at radius 2 is 2.23 bits per heavy atom. The van der Waals surface area contributed by atoms with Gasteiger partial charge in [0.2, 0.25) is 11.8 Å². The highest BCUT2D eigenvalue weighted by atomic mass is 35.5. The molecule has 22 heavy (non-hydrogen) atoms. The summed E-state index contributed by atoms with van der Waals surface area (Å²) in [6, 6.07) is 7.23. The molecule has 1 heterocycles. The molecule has 1 N–H and O–H groups in total. The third kappa shape index (κ3) is 5.04. The molecule has 0 spiro atoms. The number of nitrogens with one attached hydrogen (secondary N) is 1. The molecular weight excluding hydrogens is 306 g/mol. The van der Waals surface area contributed by atoms with Crippen molar-refractivity contribution in [3.05, 3.63) is 41.0 Å². The Bertz CT molecular complexity index is 630. The van der Waals surface area contributed by atoms with Gasteiger partial charge in [0.25, 0.3) is 0 Å². The number of carbonyl (C=O) groups is 1. The van der Waals surface area contributed by atoms with Crippen LogP contribution >= 0.6 is 11.6 Å². The summed E-state index contributed by atoms with van der Waals surface area (Å²) in [7, 11) is 0. The van der Waals surface area contributed by atoms with Gasteiger partial charge in [0, 0.05) is 12.8 Å². The highest BCUT2D eigenvalue weighted by Gasteiger charge is 2.10. The number of para-hydroxylation sites is 1. The van der Waals surface area contributed by atoms with Gasteiger partial charge < -0.3 is 14.6 Å². The predicted molar refractivity (Wildman–Crippen MR) is 81.9 cm³/mol. The lowest BCUT2D eigenvalue weighted by atomic mass is 10.3. The minimum absolute atomic E-state index is 0.0922. The van der Waals surface area contributed by atoms with E-state index < -0.39 is 0 Å². The Hall–Kier alpha value is -2.08. The molecule has 0 saturated carbocycles. The molecule has 1 aromatic carbocycles. The fraction of sp³-hybridized carbons (Fsp3) is 0.400. The zero-order valence-electron chi connectivity index (χ0n) is 12.5. The van der Waals surface area contributed by atoms with Gasteiger partial charge in [-0.2, -0.15) is 4.98 Å². The molecule has 1 atom stereocenters. The highest BCUT2D eigenvalue weighted by Crippen LogP contribution is 2.23. The molecule has 0 aliphatic heterocycles. The zero-order chi connectivity index (χ0) is 15.9. The number of rotatable bonds is 7. The minimum atomic E-state index is -0.186. The monoisotopic (exact) mass is 323 g/mol. The van der Waals surface area contributed by atoms with Crippen LogP contribution in [0.25, 0.3) is 0 Å². The number of carbonyl (C=O) groups excluding carboxylic acids is 1. The molecule has 2 rings (SSSR count). The second-order valence-corrected chi connectivity index (χ2v) is 5.31. The van der Waals surface area contributed by atoms with Gasteiger partial charge >= 0.3 is 0 Å². The van der Waals surface area contributed by atoms with E-state index >= 15 is 0 Å². The first-order chi connectivity index (χ1) is 10.5. The van der Waals surface area contributed by atoms with E-state index in [2.05, 4.69) is 15.5 Å². The highest BCUT2D eigenvalue weighted by molar-refractivity contribution is 6.32. The van der Waals surface area contributed by atoms with Crippen LogP contribution in [0.3, 0.4) is 0 Å². The summed E-state index contributed by atoms with van der Waals surface area (Å²) in [5, 5.41) is 7.02. The average molecular weight is 324 g/mol. The molecule has 7 heteroatoms. The van der Waals surface area contributed by atoms with E-state index in [1.165, 1.54) is 0 Å². The van der Waals surface area contributed by atoms with Crippen molar-refractivity contribution >= 4 is 17.5 Å². The maximum Gasteiger partial charge on any atom is 0.227 e. The second kappa shape index (κ2) is 7.79. The van der Waals surface area contributed by atoms with E-state index in [9.17, 15) is 4.79 Å². The largest absolute Gasteiger partial charge is 0.487 e. The zero-order valence-corrected chi connectivity index (χ0v) is 13.3. The smallest absolute Gasteiger partial charge is 0.227 e. The van der Waals surface area contributed by atoms with Crippen LogP contribution in [0.2, 0.25) is 5.02 Å². The van der Waals surface area contributed by atoms with E-state index in [0.717, 1.165) is 0 Å². The first-order valence-electron chi connectivity index (χ1n) is 7.01. The summed E-state index contributed by atoms with van der Waals surface area (Å²) in [6.45, 7) is 4.00. The Morgan fingerprint density at radius 3 is 2.91 bits per heavy atom. The molecule has 6 nitrogen and oxygen atoms in total. The van der Waals surface area contributed by atoms with Crippen molar-refractivity contribution in [1.82, 2.24) is 15.5 Å². The normalized spacial score (nSPS) is 12.0. The van der Waals surface area contributed by atoms with Crippen LogP contribution in [0.15, 0.2) is 28.8 Å². The van der Waals surface area contributed by atoms with E-state index in [4.69, 9.17) is 20.9 Å². The van der Waals surface area contributed by atoms with E-state index in [0.29, 0.717) is 41.9 Å². The topological polar surface area (TPSA) is 77.2 Å². The molecule has 0 aliphatic carbocycles. The Balaban J connectivity index is 1.70. The summed E-state index contributed by atoms with van der Waals surface area (Å²) in [5.74, 6) is 1.54. The van der Waals surface area contributed by atoms with E-state index in [1.807, 2.05) is 19.1 Å². The second-order valence-electron chi connectivity index (χ2n) is 4.90. The molecule has 1 amide bonds. The van der Waals surface area contributed by atoms with Crippen molar-refractivity contribution in [2.75, 3.05) is 6.54 Å². The van der Waals surface area contributed by atoms with Gasteiger partial charge in [-0.1, -0.05) is 28.9 Å². The van der Waals surface area contributed by atoms with Gasteiger partial charge in [-0.05, 0) is 26.0 Å². The Labute approximate surface area is 133 Å². The lowest BCUT2D eigenvalue weighted by Crippen LogP contribution is -2.33. The molecule has 118 valence electrons. The number of aryl methyl sites for hydroxylation is 2. The van der Waals surface area contributed by atoms with Gasteiger partial charge in [-0.25, -0.2) is 0 Å². The summed E-state index contributed by atoms with van der Waals surface area (Å²) < 4.78 is 10.6. The fourth-order valence-electron chi connectivity index (χ4n) is 1.81. The maximum absolute atomic E-state index is 11.8. The van der Waals surface area contributed by atoms with Crippen LogP contribution in [0.5, 0.6) is 5.75 Å². The van der Waals surface area contributed by atoms with Gasteiger partial charge in [-0.3, -0.25) is 4.79 Å². The third-order valence-corrected chi connectivity index (χ3v) is 3.20. The minimum Gasteiger partial charge on any atom is -0.487 e. The van der Waals surface area contributed by atoms with Crippen LogP contribution in [0, 0.1) is 6.92 Å². The van der Waals surface area contributed by atoms with Crippen LogP contribution in [-0.2, 0) is 11.2 Å². The van der Waals surface area contributed by atoms with Crippen molar-refractivity contribution in [2.24, 2.45) is 0 Å².